The Balaban J connectivity index is 2.00. The highest BCUT2D eigenvalue weighted by atomic mass is 16.2. The topological polar surface area (TPSA) is 88.5 Å². The molecule has 2 N–H and O–H groups in total. The van der Waals surface area contributed by atoms with E-state index in [1.165, 1.54) is 0 Å². The zero-order valence-electron chi connectivity index (χ0n) is 16.4. The molecule has 7 nitrogen and oxygen atoms in total. The molecule has 1 aromatic carbocycles. The molecular formula is C20H29N5O2. The molecule has 0 saturated carbocycles. The first kappa shape index (κ1) is 20.7. The highest BCUT2D eigenvalue weighted by Crippen LogP contribution is 2.17. The number of benzene rings is 1. The number of piperazine rings is 1. The van der Waals surface area contributed by atoms with Gasteiger partial charge in [0.15, 0.2) is 0 Å². The van der Waals surface area contributed by atoms with E-state index in [0.717, 1.165) is 31.9 Å². The molecule has 0 aromatic heterocycles. The van der Waals surface area contributed by atoms with Crippen LogP contribution in [0.15, 0.2) is 24.3 Å². The minimum Gasteiger partial charge on any atom is -0.369 e. The summed E-state index contributed by atoms with van der Waals surface area (Å²) in [5, 5.41) is 14.0. The smallest absolute Gasteiger partial charge is 0.251 e. The standard InChI is InChI=1S/C20H29N5O2/c1-15(2)14-18(20(27)22-9-8-21)23-19(26)16-4-6-17(7-5-16)25-12-10-24(3)11-13-25/h4-7,15,18H,9-14H2,1-3H3,(H,22,27)(H,23,26)/t18-/m1/s1. The van der Waals surface area contributed by atoms with Crippen LogP contribution in [0.2, 0.25) is 0 Å². The van der Waals surface area contributed by atoms with Crippen LogP contribution in [0.5, 0.6) is 0 Å². The molecular weight excluding hydrogens is 342 g/mol. The van der Waals surface area contributed by atoms with Crippen molar-refractivity contribution in [3.8, 4) is 6.07 Å². The molecule has 0 radical (unpaired) electrons. The van der Waals surface area contributed by atoms with Crippen LogP contribution in [-0.4, -0.2) is 62.5 Å². The molecule has 0 aliphatic carbocycles. The number of carbonyl (C=O) groups is 2. The number of rotatable bonds is 7. The largest absolute Gasteiger partial charge is 0.369 e. The Morgan fingerprint density at radius 2 is 1.78 bits per heavy atom. The normalized spacial score (nSPS) is 15.9. The van der Waals surface area contributed by atoms with Gasteiger partial charge in [0.2, 0.25) is 5.91 Å². The molecule has 1 atom stereocenters. The van der Waals surface area contributed by atoms with E-state index < -0.39 is 6.04 Å². The molecule has 0 bridgehead atoms. The van der Waals surface area contributed by atoms with Crippen molar-refractivity contribution in [2.24, 2.45) is 5.92 Å². The minimum absolute atomic E-state index is 0.0664. The van der Waals surface area contributed by atoms with Crippen molar-refractivity contribution < 1.29 is 9.59 Å². The highest BCUT2D eigenvalue weighted by molar-refractivity contribution is 5.97. The molecule has 2 amide bonds. The van der Waals surface area contributed by atoms with Gasteiger partial charge in [-0.25, -0.2) is 0 Å². The van der Waals surface area contributed by atoms with Crippen LogP contribution in [0.1, 0.15) is 30.6 Å². The lowest BCUT2D eigenvalue weighted by Crippen LogP contribution is -2.47. The molecule has 1 fully saturated rings. The second-order valence-corrected chi connectivity index (χ2v) is 7.37. The van der Waals surface area contributed by atoms with E-state index in [0.29, 0.717) is 12.0 Å². The maximum Gasteiger partial charge on any atom is 0.251 e. The number of hydrogen-bond acceptors (Lipinski definition) is 5. The molecule has 1 aliphatic heterocycles. The SMILES string of the molecule is CC(C)C[C@@H](NC(=O)c1ccc(N2CCN(C)CC2)cc1)C(=O)NCC#N. The van der Waals surface area contributed by atoms with Gasteiger partial charge in [-0.2, -0.15) is 5.26 Å². The first-order chi connectivity index (χ1) is 12.9. The van der Waals surface area contributed by atoms with Gasteiger partial charge in [0, 0.05) is 37.4 Å². The zero-order valence-corrected chi connectivity index (χ0v) is 16.4. The molecule has 2 rings (SSSR count). The summed E-state index contributed by atoms with van der Waals surface area (Å²) in [6.07, 6.45) is 0.516. The van der Waals surface area contributed by atoms with Gasteiger partial charge in [0.1, 0.15) is 12.6 Å². The second-order valence-electron chi connectivity index (χ2n) is 7.37. The fourth-order valence-electron chi connectivity index (χ4n) is 3.08. The van der Waals surface area contributed by atoms with Crippen LogP contribution < -0.4 is 15.5 Å². The predicted molar refractivity (Wildman–Crippen MR) is 105 cm³/mol. The quantitative estimate of drug-likeness (QED) is 0.704. The number of nitriles is 1. The van der Waals surface area contributed by atoms with E-state index in [9.17, 15) is 9.59 Å². The van der Waals surface area contributed by atoms with Crippen molar-refractivity contribution in [1.82, 2.24) is 15.5 Å². The Bertz CT molecular complexity index is 673. The van der Waals surface area contributed by atoms with Gasteiger partial charge >= 0.3 is 0 Å². The lowest BCUT2D eigenvalue weighted by molar-refractivity contribution is -0.123. The summed E-state index contributed by atoms with van der Waals surface area (Å²) in [6, 6.07) is 8.72. The molecule has 0 spiro atoms. The molecule has 1 aliphatic rings. The zero-order chi connectivity index (χ0) is 19.8. The van der Waals surface area contributed by atoms with Gasteiger partial charge in [-0.15, -0.1) is 0 Å². The lowest BCUT2D eigenvalue weighted by atomic mass is 10.0. The van der Waals surface area contributed by atoms with Gasteiger partial charge in [-0.05, 0) is 43.7 Å². The van der Waals surface area contributed by atoms with Crippen molar-refractivity contribution in [1.29, 1.82) is 5.26 Å². The monoisotopic (exact) mass is 371 g/mol. The molecule has 27 heavy (non-hydrogen) atoms. The first-order valence-electron chi connectivity index (χ1n) is 9.39. The van der Waals surface area contributed by atoms with Gasteiger partial charge in [0.25, 0.3) is 5.91 Å². The maximum absolute atomic E-state index is 12.6. The minimum atomic E-state index is -0.650. The van der Waals surface area contributed by atoms with Gasteiger partial charge in [0.05, 0.1) is 6.07 Å². The Morgan fingerprint density at radius 1 is 1.15 bits per heavy atom. The summed E-state index contributed by atoms with van der Waals surface area (Å²) in [5.41, 5.74) is 1.62. The number of amides is 2. The number of carbonyl (C=O) groups excluding carboxylic acids is 2. The van der Waals surface area contributed by atoms with Gasteiger partial charge < -0.3 is 20.4 Å². The predicted octanol–water partition coefficient (Wildman–Crippen LogP) is 1.22. The molecule has 146 valence electrons. The van der Waals surface area contributed by atoms with Crippen LogP contribution in [0.25, 0.3) is 0 Å². The molecule has 1 heterocycles. The lowest BCUT2D eigenvalue weighted by Gasteiger charge is -2.34. The third-order valence-corrected chi connectivity index (χ3v) is 4.67. The van der Waals surface area contributed by atoms with E-state index in [1.807, 2.05) is 32.0 Å². The van der Waals surface area contributed by atoms with Crippen molar-refractivity contribution in [2.75, 3.05) is 44.7 Å². The van der Waals surface area contributed by atoms with Crippen LogP contribution in [0, 0.1) is 17.2 Å². The Kier molecular flexibility index (Phi) is 7.62. The summed E-state index contributed by atoms with van der Waals surface area (Å²) < 4.78 is 0. The van der Waals surface area contributed by atoms with E-state index >= 15 is 0 Å². The number of nitrogens with zero attached hydrogens (tertiary/aromatic N) is 3. The Hall–Kier alpha value is -2.59. The van der Waals surface area contributed by atoms with E-state index in [4.69, 9.17) is 5.26 Å². The Morgan fingerprint density at radius 3 is 2.33 bits per heavy atom. The average Bonchev–Trinajstić information content (AvgIpc) is 2.66. The number of likely N-dealkylation sites (N-methyl/N-ethyl adjacent to an activating group) is 1. The van der Waals surface area contributed by atoms with Crippen molar-refractivity contribution in [3.05, 3.63) is 29.8 Å². The van der Waals surface area contributed by atoms with E-state index in [2.05, 4.69) is 27.5 Å². The van der Waals surface area contributed by atoms with Crippen LogP contribution in [0.4, 0.5) is 5.69 Å². The summed E-state index contributed by atoms with van der Waals surface area (Å²) in [7, 11) is 2.12. The molecule has 1 saturated heterocycles. The Labute approximate surface area is 161 Å². The van der Waals surface area contributed by atoms with Crippen LogP contribution >= 0.6 is 0 Å². The number of hydrogen-bond donors (Lipinski definition) is 2. The summed E-state index contributed by atoms with van der Waals surface area (Å²) >= 11 is 0. The molecule has 7 heteroatoms. The third-order valence-electron chi connectivity index (χ3n) is 4.67. The van der Waals surface area contributed by atoms with E-state index in [1.54, 1.807) is 12.1 Å². The van der Waals surface area contributed by atoms with Crippen molar-refractivity contribution >= 4 is 17.5 Å². The van der Waals surface area contributed by atoms with Crippen molar-refractivity contribution in [2.45, 2.75) is 26.3 Å². The van der Waals surface area contributed by atoms with Crippen molar-refractivity contribution in [3.63, 3.8) is 0 Å². The average molecular weight is 371 g/mol. The van der Waals surface area contributed by atoms with Crippen LogP contribution in [0.3, 0.4) is 0 Å². The van der Waals surface area contributed by atoms with Gasteiger partial charge in [-0.1, -0.05) is 13.8 Å². The molecule has 1 aromatic rings. The third kappa shape index (κ3) is 6.26. The number of nitrogens with one attached hydrogen (secondary N) is 2. The molecule has 0 unspecified atom stereocenters. The first-order valence-corrected chi connectivity index (χ1v) is 9.39. The van der Waals surface area contributed by atoms with Crippen LogP contribution in [-0.2, 0) is 4.79 Å². The summed E-state index contributed by atoms with van der Waals surface area (Å²) in [4.78, 5) is 29.4. The van der Waals surface area contributed by atoms with E-state index in [-0.39, 0.29) is 24.3 Å². The van der Waals surface area contributed by atoms with Gasteiger partial charge in [-0.3, -0.25) is 9.59 Å². The maximum atomic E-state index is 12.6. The highest BCUT2D eigenvalue weighted by Gasteiger charge is 2.22. The fourth-order valence-corrected chi connectivity index (χ4v) is 3.08. The fraction of sp³-hybridized carbons (Fsp3) is 0.550. The summed E-state index contributed by atoms with van der Waals surface area (Å²) in [6.45, 7) is 7.90. The summed E-state index contributed by atoms with van der Waals surface area (Å²) in [5.74, 6) is -0.368. The number of anilines is 1. The second kappa shape index (κ2) is 9.93.